The van der Waals surface area contributed by atoms with Crippen molar-refractivity contribution < 1.29 is 9.53 Å². The van der Waals surface area contributed by atoms with E-state index in [0.717, 1.165) is 5.56 Å². The molecule has 0 aromatic carbocycles. The van der Waals surface area contributed by atoms with Gasteiger partial charge in [-0.15, -0.1) is 0 Å². The molecule has 0 bridgehead atoms. The lowest BCUT2D eigenvalue weighted by molar-refractivity contribution is 0.0996. The van der Waals surface area contributed by atoms with Crippen molar-refractivity contribution in [1.29, 1.82) is 0 Å². The van der Waals surface area contributed by atoms with E-state index in [1.807, 2.05) is 6.07 Å². The van der Waals surface area contributed by atoms with Crippen LogP contribution in [0.2, 0.25) is 0 Å². The topological polar surface area (TPSA) is 116 Å². The van der Waals surface area contributed by atoms with Gasteiger partial charge in [0.15, 0.2) is 0 Å². The second-order valence-electron chi connectivity index (χ2n) is 4.06. The fraction of sp³-hybridized carbons (Fsp3) is 0.154. The maximum atomic E-state index is 11.1. The van der Waals surface area contributed by atoms with Gasteiger partial charge in [-0.2, -0.15) is 0 Å². The molecule has 0 aliphatic carbocycles. The van der Waals surface area contributed by atoms with Crippen LogP contribution in [0.25, 0.3) is 0 Å². The number of nitrogens with zero attached hydrogens (tertiary/aromatic N) is 2. The summed E-state index contributed by atoms with van der Waals surface area (Å²) in [5.41, 5.74) is 12.5. The Hall–Kier alpha value is -2.83. The Morgan fingerprint density at radius 3 is 2.90 bits per heavy atom. The van der Waals surface area contributed by atoms with Crippen LogP contribution in [0.1, 0.15) is 16.1 Å². The summed E-state index contributed by atoms with van der Waals surface area (Å²) in [5.74, 6) is 0.340. The number of methoxy groups -OCH3 is 1. The Balaban J connectivity index is 2.13. The van der Waals surface area contributed by atoms with Crippen LogP contribution in [0, 0.1) is 0 Å². The summed E-state index contributed by atoms with van der Waals surface area (Å²) in [4.78, 5) is 19.2. The average Bonchev–Trinajstić information content (AvgIpc) is 2.46. The highest BCUT2D eigenvalue weighted by Crippen LogP contribution is 2.17. The van der Waals surface area contributed by atoms with Crippen LogP contribution in [0.5, 0.6) is 5.88 Å². The summed E-state index contributed by atoms with van der Waals surface area (Å²) < 4.78 is 5.04. The monoisotopic (exact) mass is 273 g/mol. The number of hydrogen-bond donors (Lipinski definition) is 3. The van der Waals surface area contributed by atoms with Gasteiger partial charge in [0.05, 0.1) is 12.8 Å². The quantitative estimate of drug-likeness (QED) is 0.741. The number of pyridine rings is 2. The van der Waals surface area contributed by atoms with Gasteiger partial charge in [-0.3, -0.25) is 4.79 Å². The van der Waals surface area contributed by atoms with Crippen molar-refractivity contribution in [2.75, 3.05) is 18.2 Å². The molecule has 0 saturated carbocycles. The lowest BCUT2D eigenvalue weighted by atomic mass is 10.2. The number of primary amides is 1. The highest BCUT2D eigenvalue weighted by atomic mass is 16.5. The predicted octanol–water partition coefficient (Wildman–Crippen LogP) is 0.778. The highest BCUT2D eigenvalue weighted by Gasteiger charge is 2.07. The van der Waals surface area contributed by atoms with E-state index in [2.05, 4.69) is 15.3 Å². The second kappa shape index (κ2) is 5.87. The average molecular weight is 273 g/mol. The lowest BCUT2D eigenvalue weighted by Gasteiger charge is -2.09. The molecule has 2 rings (SSSR count). The molecule has 0 saturated heterocycles. The van der Waals surface area contributed by atoms with E-state index >= 15 is 0 Å². The first-order valence-corrected chi connectivity index (χ1v) is 5.89. The number of rotatable bonds is 5. The minimum atomic E-state index is -0.598. The van der Waals surface area contributed by atoms with Crippen LogP contribution in [-0.2, 0) is 6.54 Å². The fourth-order valence-electron chi connectivity index (χ4n) is 1.61. The van der Waals surface area contributed by atoms with E-state index in [1.165, 1.54) is 6.07 Å². The third-order valence-corrected chi connectivity index (χ3v) is 2.65. The lowest BCUT2D eigenvalue weighted by Crippen LogP contribution is -2.15. The molecule has 2 aromatic rings. The van der Waals surface area contributed by atoms with Gasteiger partial charge in [0.2, 0.25) is 5.88 Å². The molecule has 0 radical (unpaired) electrons. The van der Waals surface area contributed by atoms with Gasteiger partial charge >= 0.3 is 0 Å². The maximum absolute atomic E-state index is 11.1. The van der Waals surface area contributed by atoms with Crippen molar-refractivity contribution in [2.45, 2.75) is 6.54 Å². The molecule has 1 amide bonds. The van der Waals surface area contributed by atoms with Gasteiger partial charge in [-0.25, -0.2) is 9.97 Å². The van der Waals surface area contributed by atoms with Gasteiger partial charge < -0.3 is 21.5 Å². The SMILES string of the molecule is COc1cc(CNc2nc(C(N)=O)ccc2N)ccn1. The Kier molecular flexibility index (Phi) is 3.99. The summed E-state index contributed by atoms with van der Waals surface area (Å²) in [6.45, 7) is 0.471. The number of aromatic nitrogens is 2. The van der Waals surface area contributed by atoms with Crippen molar-refractivity contribution in [1.82, 2.24) is 9.97 Å². The van der Waals surface area contributed by atoms with E-state index in [1.54, 1.807) is 25.4 Å². The molecule has 0 unspecified atom stereocenters. The highest BCUT2D eigenvalue weighted by molar-refractivity contribution is 5.91. The molecule has 7 nitrogen and oxygen atoms in total. The number of anilines is 2. The molecule has 5 N–H and O–H groups in total. The zero-order valence-electron chi connectivity index (χ0n) is 11.0. The number of hydrogen-bond acceptors (Lipinski definition) is 6. The van der Waals surface area contributed by atoms with Crippen molar-refractivity contribution >= 4 is 17.4 Å². The Morgan fingerprint density at radius 1 is 1.40 bits per heavy atom. The molecule has 2 aromatic heterocycles. The van der Waals surface area contributed by atoms with Crippen LogP contribution >= 0.6 is 0 Å². The van der Waals surface area contributed by atoms with E-state index in [4.69, 9.17) is 16.2 Å². The van der Waals surface area contributed by atoms with Gasteiger partial charge in [0, 0.05) is 18.8 Å². The molecule has 7 heteroatoms. The van der Waals surface area contributed by atoms with Crippen LogP contribution in [-0.4, -0.2) is 23.0 Å². The Bertz CT molecular complexity index is 630. The first-order valence-electron chi connectivity index (χ1n) is 5.89. The number of amides is 1. The molecular formula is C13H15N5O2. The van der Waals surface area contributed by atoms with Gasteiger partial charge in [-0.1, -0.05) is 0 Å². The van der Waals surface area contributed by atoms with Gasteiger partial charge in [0.25, 0.3) is 5.91 Å². The van der Waals surface area contributed by atoms with Crippen molar-refractivity contribution in [3.05, 3.63) is 41.7 Å². The Morgan fingerprint density at radius 2 is 2.20 bits per heavy atom. The molecule has 104 valence electrons. The maximum Gasteiger partial charge on any atom is 0.267 e. The summed E-state index contributed by atoms with van der Waals surface area (Å²) in [7, 11) is 1.55. The summed E-state index contributed by atoms with van der Waals surface area (Å²) >= 11 is 0. The van der Waals surface area contributed by atoms with Crippen molar-refractivity contribution in [2.24, 2.45) is 5.73 Å². The van der Waals surface area contributed by atoms with Crippen LogP contribution < -0.4 is 21.5 Å². The third-order valence-electron chi connectivity index (χ3n) is 2.65. The number of carbonyl (C=O) groups excluding carboxylic acids is 1. The zero-order chi connectivity index (χ0) is 14.5. The minimum absolute atomic E-state index is 0.161. The molecule has 0 aliphatic heterocycles. The van der Waals surface area contributed by atoms with E-state index in [-0.39, 0.29) is 5.69 Å². The van der Waals surface area contributed by atoms with E-state index < -0.39 is 5.91 Å². The first-order chi connectivity index (χ1) is 9.60. The Labute approximate surface area is 116 Å². The van der Waals surface area contributed by atoms with Gasteiger partial charge in [-0.05, 0) is 23.8 Å². The first kappa shape index (κ1) is 13.6. The fourth-order valence-corrected chi connectivity index (χ4v) is 1.61. The molecular weight excluding hydrogens is 258 g/mol. The van der Waals surface area contributed by atoms with E-state index in [9.17, 15) is 4.79 Å². The van der Waals surface area contributed by atoms with Crippen LogP contribution in [0.3, 0.4) is 0 Å². The van der Waals surface area contributed by atoms with E-state index in [0.29, 0.717) is 23.9 Å². The number of nitrogens with two attached hydrogens (primary N) is 2. The number of nitrogen functional groups attached to an aromatic ring is 1. The predicted molar refractivity (Wildman–Crippen MR) is 75.3 cm³/mol. The zero-order valence-corrected chi connectivity index (χ0v) is 11.0. The summed E-state index contributed by atoms with van der Waals surface area (Å²) in [6.07, 6.45) is 1.65. The smallest absolute Gasteiger partial charge is 0.267 e. The second-order valence-corrected chi connectivity index (χ2v) is 4.06. The number of carbonyl (C=O) groups is 1. The normalized spacial score (nSPS) is 10.1. The van der Waals surface area contributed by atoms with Crippen LogP contribution in [0.15, 0.2) is 30.5 Å². The van der Waals surface area contributed by atoms with Gasteiger partial charge in [0.1, 0.15) is 11.5 Å². The molecule has 0 fully saturated rings. The third kappa shape index (κ3) is 3.14. The standard InChI is InChI=1S/C13H15N5O2/c1-20-11-6-8(4-5-16-11)7-17-13-9(14)2-3-10(18-13)12(15)19/h2-6H,7,14H2,1H3,(H2,15,19)(H,17,18). The molecule has 0 atom stereocenters. The molecule has 0 spiro atoms. The molecule has 20 heavy (non-hydrogen) atoms. The largest absolute Gasteiger partial charge is 0.481 e. The molecule has 0 aliphatic rings. The van der Waals surface area contributed by atoms with Crippen LogP contribution in [0.4, 0.5) is 11.5 Å². The van der Waals surface area contributed by atoms with Crippen molar-refractivity contribution in [3.8, 4) is 5.88 Å². The molecule has 2 heterocycles. The number of nitrogens with one attached hydrogen (secondary N) is 1. The number of ether oxygens (including phenoxy) is 1. The summed E-state index contributed by atoms with van der Waals surface area (Å²) in [5, 5.41) is 3.05. The summed E-state index contributed by atoms with van der Waals surface area (Å²) in [6, 6.07) is 6.70. The minimum Gasteiger partial charge on any atom is -0.481 e. The van der Waals surface area contributed by atoms with Crippen molar-refractivity contribution in [3.63, 3.8) is 0 Å².